The lowest BCUT2D eigenvalue weighted by molar-refractivity contribution is -0.480. The van der Waals surface area contributed by atoms with Gasteiger partial charge in [-0.05, 0) is 6.92 Å². The quantitative estimate of drug-likeness (QED) is 0.406. The maximum Gasteiger partial charge on any atom is 0.196 e. The Balaban J connectivity index is 0.000000360. The van der Waals surface area contributed by atoms with Crippen molar-refractivity contribution in [3.8, 4) is 0 Å². The summed E-state index contributed by atoms with van der Waals surface area (Å²) in [4.78, 5) is 3.16. The fourth-order valence-electron chi connectivity index (χ4n) is 0.405. The van der Waals surface area contributed by atoms with Crippen LogP contribution in [0.1, 0.15) is 6.92 Å². The van der Waals surface area contributed by atoms with Crippen molar-refractivity contribution in [3.63, 3.8) is 0 Å². The van der Waals surface area contributed by atoms with E-state index >= 15 is 0 Å². The highest BCUT2D eigenvalue weighted by atomic mass is 79.9. The van der Waals surface area contributed by atoms with Crippen molar-refractivity contribution in [1.82, 2.24) is 0 Å². The van der Waals surface area contributed by atoms with Gasteiger partial charge in [-0.3, -0.25) is 0 Å². The van der Waals surface area contributed by atoms with Gasteiger partial charge >= 0.3 is 0 Å². The van der Waals surface area contributed by atoms with Gasteiger partial charge in [0.2, 0.25) is 0 Å². The van der Waals surface area contributed by atoms with E-state index in [0.29, 0.717) is 6.04 Å². The molecule has 0 saturated carbocycles. The van der Waals surface area contributed by atoms with Crippen LogP contribution >= 0.6 is 11.8 Å². The second kappa shape index (κ2) is 3.50. The van der Waals surface area contributed by atoms with Crippen molar-refractivity contribution in [1.29, 1.82) is 0 Å². The van der Waals surface area contributed by atoms with Crippen LogP contribution in [-0.4, -0.2) is 17.3 Å². The smallest absolute Gasteiger partial charge is 0.196 e. The van der Waals surface area contributed by atoms with E-state index in [2.05, 4.69) is 11.9 Å². The molecule has 1 aliphatic rings. The molecule has 0 spiro atoms. The van der Waals surface area contributed by atoms with Crippen LogP contribution in [0.25, 0.3) is 0 Å². The van der Waals surface area contributed by atoms with Crippen LogP contribution < -0.4 is 22.0 Å². The highest BCUT2D eigenvalue weighted by Crippen LogP contribution is 1.95. The Labute approximate surface area is 58.4 Å². The number of hydrogen-bond donors (Lipinski definition) is 1. The first-order valence-electron chi connectivity index (χ1n) is 2.09. The minimum absolute atomic E-state index is 0. The van der Waals surface area contributed by atoms with E-state index in [-0.39, 0.29) is 17.0 Å². The predicted molar refractivity (Wildman–Crippen MR) is 28.9 cm³/mol. The molecule has 1 unspecified atom stereocenters. The maximum absolute atomic E-state index is 3.16. The van der Waals surface area contributed by atoms with Gasteiger partial charge in [0.15, 0.2) is 11.6 Å². The van der Waals surface area contributed by atoms with E-state index in [4.69, 9.17) is 0 Å². The first-order chi connectivity index (χ1) is 2.89. The molecule has 0 aliphatic carbocycles. The molecule has 1 heterocycles. The fraction of sp³-hybridized carbons (Fsp3) is 0.750. The van der Waals surface area contributed by atoms with Crippen LogP contribution in [0.4, 0.5) is 0 Å². The van der Waals surface area contributed by atoms with E-state index in [1.807, 2.05) is 17.3 Å². The second-order valence-electron chi connectivity index (χ2n) is 1.52. The molecule has 0 bridgehead atoms. The summed E-state index contributed by atoms with van der Waals surface area (Å²) in [7, 11) is 0. The average Bonchev–Trinajstić information content (AvgIpc) is 1.86. The summed E-state index contributed by atoms with van der Waals surface area (Å²) in [5.41, 5.74) is 2.05. The molecular weight excluding hydrogens is 174 g/mol. The third-order valence-corrected chi connectivity index (χ3v) is 1.78. The van der Waals surface area contributed by atoms with Gasteiger partial charge in [-0.2, -0.15) is 0 Å². The lowest BCUT2D eigenvalue weighted by Crippen LogP contribution is -3.00. The first-order valence-corrected chi connectivity index (χ1v) is 3.14. The summed E-state index contributed by atoms with van der Waals surface area (Å²) >= 11 is 1.85. The summed E-state index contributed by atoms with van der Waals surface area (Å²) < 4.78 is 0. The lowest BCUT2D eigenvalue weighted by Gasteiger charge is -1.80. The van der Waals surface area contributed by atoms with Gasteiger partial charge in [0, 0.05) is 0 Å². The molecule has 42 valence electrons. The molecule has 0 aromatic heterocycles. The molecule has 1 atom stereocenters. The molecule has 1 nitrogen and oxygen atoms in total. The van der Waals surface area contributed by atoms with Gasteiger partial charge in [0.25, 0.3) is 0 Å². The summed E-state index contributed by atoms with van der Waals surface area (Å²) in [5, 5.41) is 0. The zero-order chi connectivity index (χ0) is 4.41. The largest absolute Gasteiger partial charge is 1.00 e. The van der Waals surface area contributed by atoms with E-state index in [9.17, 15) is 0 Å². The number of halogens is 1. The average molecular weight is 182 g/mol. The van der Waals surface area contributed by atoms with Gasteiger partial charge in [-0.15, -0.1) is 0 Å². The van der Waals surface area contributed by atoms with Crippen LogP contribution in [0.15, 0.2) is 0 Å². The zero-order valence-electron chi connectivity index (χ0n) is 4.15. The van der Waals surface area contributed by atoms with Crippen molar-refractivity contribution in [2.24, 2.45) is 0 Å². The molecule has 0 radical (unpaired) electrons. The minimum atomic E-state index is 0. The number of rotatable bonds is 0. The van der Waals surface area contributed by atoms with Gasteiger partial charge in [0.05, 0.1) is 5.75 Å². The van der Waals surface area contributed by atoms with E-state index in [0.717, 1.165) is 0 Å². The van der Waals surface area contributed by atoms with Crippen LogP contribution in [0.2, 0.25) is 0 Å². The van der Waals surface area contributed by atoms with E-state index in [1.165, 1.54) is 5.75 Å². The normalized spacial score (nSPS) is 27.3. The summed E-state index contributed by atoms with van der Waals surface area (Å²) in [6.07, 6.45) is 0. The molecule has 1 N–H and O–H groups in total. The zero-order valence-corrected chi connectivity index (χ0v) is 6.55. The lowest BCUT2D eigenvalue weighted by atomic mass is 10.4. The van der Waals surface area contributed by atoms with Crippen LogP contribution in [-0.2, 0) is 0 Å². The Morgan fingerprint density at radius 2 is 2.57 bits per heavy atom. The summed E-state index contributed by atoms with van der Waals surface area (Å²) in [6, 6.07) is 0.704. The van der Waals surface area contributed by atoms with Crippen LogP contribution in [0.5, 0.6) is 0 Å². The second-order valence-corrected chi connectivity index (χ2v) is 2.42. The van der Waals surface area contributed by atoms with Gasteiger partial charge in [-0.1, -0.05) is 11.8 Å². The minimum Gasteiger partial charge on any atom is -1.00 e. The Morgan fingerprint density at radius 3 is 2.71 bits per heavy atom. The van der Waals surface area contributed by atoms with Gasteiger partial charge in [0.1, 0.15) is 0 Å². The predicted octanol–water partition coefficient (Wildman–Crippen LogP) is -3.77. The molecule has 0 saturated heterocycles. The highest BCUT2D eigenvalue weighted by molar-refractivity contribution is 8.12. The standard InChI is InChI=1S/C4H7NS.BrH/c1-4-2-6-3-5-4;/h3-4H,2H2,1H3;1H. The van der Waals surface area contributed by atoms with Crippen molar-refractivity contribution < 1.29 is 22.0 Å². The molecule has 0 aromatic carbocycles. The van der Waals surface area contributed by atoms with Crippen molar-refractivity contribution in [2.75, 3.05) is 5.75 Å². The molecule has 1 aliphatic heterocycles. The van der Waals surface area contributed by atoms with Crippen LogP contribution in [0.3, 0.4) is 0 Å². The number of nitrogens with one attached hydrogen (secondary N) is 1. The Hall–Kier alpha value is 0.500. The van der Waals surface area contributed by atoms with Crippen molar-refractivity contribution >= 4 is 17.3 Å². The summed E-state index contributed by atoms with van der Waals surface area (Å²) in [6.45, 7) is 2.18. The molecule has 7 heavy (non-hydrogen) atoms. The highest BCUT2D eigenvalue weighted by Gasteiger charge is 2.08. The third-order valence-electron chi connectivity index (χ3n) is 0.782. The maximum atomic E-state index is 3.16. The van der Waals surface area contributed by atoms with Crippen molar-refractivity contribution in [3.05, 3.63) is 0 Å². The van der Waals surface area contributed by atoms with Gasteiger partial charge < -0.3 is 17.0 Å². The first kappa shape index (κ1) is 7.50. The van der Waals surface area contributed by atoms with E-state index < -0.39 is 0 Å². The molecule has 0 fully saturated rings. The SMILES string of the molecule is CC1CSC=[NH+]1.[Br-]. The number of thioether (sulfide) groups is 1. The summed E-state index contributed by atoms with van der Waals surface area (Å²) in [5.74, 6) is 1.24. The number of hydrogen-bond acceptors (Lipinski definition) is 1. The molecule has 0 aromatic rings. The third kappa shape index (κ3) is 2.34. The molecule has 0 amide bonds. The van der Waals surface area contributed by atoms with Crippen LogP contribution in [0, 0.1) is 0 Å². The molecule has 1 rings (SSSR count). The van der Waals surface area contributed by atoms with Crippen molar-refractivity contribution in [2.45, 2.75) is 13.0 Å². The Bertz CT molecular complexity index is 74.1. The van der Waals surface area contributed by atoms with Gasteiger partial charge in [-0.25, -0.2) is 4.99 Å². The topological polar surface area (TPSA) is 14.0 Å². The monoisotopic (exact) mass is 181 g/mol. The molecular formula is C4H8BrNS. The van der Waals surface area contributed by atoms with E-state index in [1.54, 1.807) is 0 Å². The molecule has 3 heteroatoms. The Morgan fingerprint density at radius 1 is 1.86 bits per heavy atom. The fourth-order valence-corrected chi connectivity index (χ4v) is 1.21. The Kier molecular flexibility index (Phi) is 3.75.